The van der Waals surface area contributed by atoms with Gasteiger partial charge in [-0.2, -0.15) is 5.10 Å². The van der Waals surface area contributed by atoms with Crippen molar-refractivity contribution in [2.75, 3.05) is 7.11 Å². The molecule has 1 amide bonds. The number of hydrogen-bond acceptors (Lipinski definition) is 5. The summed E-state index contributed by atoms with van der Waals surface area (Å²) in [4.78, 5) is 17.7. The number of amides is 1. The summed E-state index contributed by atoms with van der Waals surface area (Å²) in [5.41, 5.74) is 2.36. The number of imidazole rings is 1. The normalized spacial score (nSPS) is 10.9. The summed E-state index contributed by atoms with van der Waals surface area (Å²) in [6.45, 7) is 4.38. The van der Waals surface area contributed by atoms with Crippen LogP contribution in [-0.2, 0) is 13.0 Å². The van der Waals surface area contributed by atoms with Gasteiger partial charge in [-0.3, -0.25) is 4.79 Å². The molecule has 3 rings (SSSR count). The Morgan fingerprint density at radius 3 is 3.00 bits per heavy atom. The minimum Gasteiger partial charge on any atom is -0.497 e. The molecule has 6 nitrogen and oxygen atoms in total. The number of carbonyl (C=O) groups is 1. The fraction of sp³-hybridized carbons (Fsp3) is 0.312. The minimum atomic E-state index is -0.149. The lowest BCUT2D eigenvalue weighted by atomic mass is 10.2. The molecule has 0 aliphatic heterocycles. The first-order valence-electron chi connectivity index (χ1n) is 7.38. The minimum absolute atomic E-state index is 0.149. The van der Waals surface area contributed by atoms with E-state index in [4.69, 9.17) is 4.74 Å². The molecule has 2 aromatic heterocycles. The predicted molar refractivity (Wildman–Crippen MR) is 89.1 cm³/mol. The average molecular weight is 330 g/mol. The van der Waals surface area contributed by atoms with Crippen molar-refractivity contribution in [1.29, 1.82) is 0 Å². The van der Waals surface area contributed by atoms with Crippen molar-refractivity contribution in [1.82, 2.24) is 19.9 Å². The van der Waals surface area contributed by atoms with E-state index >= 15 is 0 Å². The summed E-state index contributed by atoms with van der Waals surface area (Å²) >= 11 is 1.58. The fourth-order valence-corrected chi connectivity index (χ4v) is 3.20. The first kappa shape index (κ1) is 15.5. The Morgan fingerprint density at radius 1 is 1.43 bits per heavy atom. The van der Waals surface area contributed by atoms with Gasteiger partial charge in [0, 0.05) is 5.56 Å². The van der Waals surface area contributed by atoms with Gasteiger partial charge in [-0.15, -0.1) is 0 Å². The lowest BCUT2D eigenvalue weighted by molar-refractivity contribution is 0.0950. The zero-order valence-corrected chi connectivity index (χ0v) is 14.1. The van der Waals surface area contributed by atoms with E-state index in [1.807, 2.05) is 17.5 Å². The van der Waals surface area contributed by atoms with Crippen molar-refractivity contribution < 1.29 is 9.53 Å². The van der Waals surface area contributed by atoms with Crippen LogP contribution in [0.5, 0.6) is 5.75 Å². The van der Waals surface area contributed by atoms with Gasteiger partial charge in [0.15, 0.2) is 0 Å². The van der Waals surface area contributed by atoms with E-state index in [1.54, 1.807) is 36.6 Å². The third kappa shape index (κ3) is 3.05. The molecule has 23 heavy (non-hydrogen) atoms. The molecule has 0 saturated heterocycles. The van der Waals surface area contributed by atoms with Gasteiger partial charge in [0.25, 0.3) is 5.91 Å². The highest BCUT2D eigenvalue weighted by atomic mass is 32.1. The van der Waals surface area contributed by atoms with Gasteiger partial charge in [-0.1, -0.05) is 24.3 Å². The largest absolute Gasteiger partial charge is 0.497 e. The molecule has 0 atom stereocenters. The monoisotopic (exact) mass is 330 g/mol. The first-order chi connectivity index (χ1) is 11.1. The molecule has 1 N–H and O–H groups in total. The van der Waals surface area contributed by atoms with Crippen molar-refractivity contribution >= 4 is 22.2 Å². The number of benzene rings is 1. The zero-order chi connectivity index (χ0) is 16.4. The zero-order valence-electron chi connectivity index (χ0n) is 13.3. The molecule has 0 radical (unpaired) electrons. The van der Waals surface area contributed by atoms with E-state index in [2.05, 4.69) is 22.3 Å². The van der Waals surface area contributed by atoms with E-state index < -0.39 is 0 Å². The summed E-state index contributed by atoms with van der Waals surface area (Å²) in [5, 5.41) is 8.49. The second-order valence-electron chi connectivity index (χ2n) is 5.10. The first-order valence-corrected chi connectivity index (χ1v) is 8.20. The van der Waals surface area contributed by atoms with Gasteiger partial charge in [-0.25, -0.2) is 9.50 Å². The van der Waals surface area contributed by atoms with Gasteiger partial charge >= 0.3 is 0 Å². The molecule has 7 heteroatoms. The van der Waals surface area contributed by atoms with Crippen molar-refractivity contribution in [2.24, 2.45) is 0 Å². The van der Waals surface area contributed by atoms with Gasteiger partial charge in [0.05, 0.1) is 25.0 Å². The maximum atomic E-state index is 12.3. The summed E-state index contributed by atoms with van der Waals surface area (Å²) in [6, 6.07) is 7.08. The van der Waals surface area contributed by atoms with Crippen LogP contribution in [0.2, 0.25) is 0 Å². The molecule has 0 unspecified atom stereocenters. The summed E-state index contributed by atoms with van der Waals surface area (Å²) < 4.78 is 6.97. The second-order valence-corrected chi connectivity index (χ2v) is 6.14. The molecule has 0 aliphatic carbocycles. The molecular formula is C16H18N4O2S. The summed E-state index contributed by atoms with van der Waals surface area (Å²) in [7, 11) is 1.58. The Balaban J connectivity index is 1.78. The number of ether oxygens (including phenoxy) is 1. The van der Waals surface area contributed by atoms with E-state index in [9.17, 15) is 4.79 Å². The second kappa shape index (κ2) is 6.37. The molecule has 3 aromatic rings. The van der Waals surface area contributed by atoms with Crippen LogP contribution >= 0.6 is 11.3 Å². The van der Waals surface area contributed by atoms with E-state index in [0.29, 0.717) is 17.9 Å². The van der Waals surface area contributed by atoms with Crippen molar-refractivity contribution in [3.05, 3.63) is 46.2 Å². The molecule has 0 fully saturated rings. The van der Waals surface area contributed by atoms with Crippen LogP contribution in [0.25, 0.3) is 4.96 Å². The molecule has 0 bridgehead atoms. The molecule has 120 valence electrons. The van der Waals surface area contributed by atoms with Crippen LogP contribution in [0.3, 0.4) is 0 Å². The van der Waals surface area contributed by atoms with E-state index in [0.717, 1.165) is 27.8 Å². The number of carbonyl (C=O) groups excluding carboxylic acids is 1. The molecule has 0 aliphatic rings. The topological polar surface area (TPSA) is 68.5 Å². The lowest BCUT2D eigenvalue weighted by Crippen LogP contribution is -2.24. The van der Waals surface area contributed by atoms with Crippen molar-refractivity contribution in [2.45, 2.75) is 26.8 Å². The Hall–Kier alpha value is -2.41. The highest BCUT2D eigenvalue weighted by molar-refractivity contribution is 7.16. The Bertz CT molecular complexity index is 853. The maximum absolute atomic E-state index is 12.3. The third-order valence-electron chi connectivity index (χ3n) is 3.59. The maximum Gasteiger partial charge on any atom is 0.251 e. The number of fused-ring (bicyclic) bond motifs is 1. The third-order valence-corrected chi connectivity index (χ3v) is 4.64. The van der Waals surface area contributed by atoms with Crippen LogP contribution in [0.15, 0.2) is 24.3 Å². The molecule has 1 aromatic carbocycles. The van der Waals surface area contributed by atoms with E-state index in [-0.39, 0.29) is 5.91 Å². The average Bonchev–Trinajstić information content (AvgIpc) is 3.09. The fourth-order valence-electron chi connectivity index (χ4n) is 2.31. The molecular weight excluding hydrogens is 312 g/mol. The SMILES string of the molecule is CCc1nn2c(CNC(=O)c3cccc(OC)c3)c(C)nc2s1. The van der Waals surface area contributed by atoms with Crippen LogP contribution in [0.4, 0.5) is 0 Å². The molecule has 0 saturated carbocycles. The standard InChI is InChI=1S/C16H18N4O2S/c1-4-14-19-20-13(10(2)18-16(20)23-14)9-17-15(21)11-6-5-7-12(8-11)22-3/h5-8H,4,9H2,1-3H3,(H,17,21). The van der Waals surface area contributed by atoms with Crippen molar-refractivity contribution in [3.63, 3.8) is 0 Å². The van der Waals surface area contributed by atoms with Crippen LogP contribution in [0, 0.1) is 6.92 Å². The number of methoxy groups -OCH3 is 1. The highest BCUT2D eigenvalue weighted by Gasteiger charge is 2.15. The van der Waals surface area contributed by atoms with Crippen LogP contribution < -0.4 is 10.1 Å². The van der Waals surface area contributed by atoms with Gasteiger partial charge < -0.3 is 10.1 Å². The quantitative estimate of drug-likeness (QED) is 0.781. The Kier molecular flexibility index (Phi) is 4.29. The smallest absolute Gasteiger partial charge is 0.251 e. The number of nitrogens with zero attached hydrogens (tertiary/aromatic N) is 3. The number of nitrogens with one attached hydrogen (secondary N) is 1. The van der Waals surface area contributed by atoms with E-state index in [1.165, 1.54) is 0 Å². The van der Waals surface area contributed by atoms with Gasteiger partial charge in [0.2, 0.25) is 4.96 Å². The predicted octanol–water partition coefficient (Wildman–Crippen LogP) is 2.60. The number of hydrogen-bond donors (Lipinski definition) is 1. The van der Waals surface area contributed by atoms with Crippen molar-refractivity contribution in [3.8, 4) is 5.75 Å². The molecule has 2 heterocycles. The van der Waals surface area contributed by atoms with Gasteiger partial charge in [-0.05, 0) is 31.5 Å². The number of aromatic nitrogens is 3. The van der Waals surface area contributed by atoms with Gasteiger partial charge in [0.1, 0.15) is 10.8 Å². The highest BCUT2D eigenvalue weighted by Crippen LogP contribution is 2.19. The molecule has 0 spiro atoms. The number of aryl methyl sites for hydroxylation is 2. The summed E-state index contributed by atoms with van der Waals surface area (Å²) in [6.07, 6.45) is 0.878. The Labute approximate surface area is 138 Å². The Morgan fingerprint density at radius 2 is 2.26 bits per heavy atom. The lowest BCUT2D eigenvalue weighted by Gasteiger charge is -2.06. The van der Waals surface area contributed by atoms with Crippen LogP contribution in [-0.4, -0.2) is 27.6 Å². The summed E-state index contributed by atoms with van der Waals surface area (Å²) in [5.74, 6) is 0.511. The number of rotatable bonds is 5. The van der Waals surface area contributed by atoms with Crippen LogP contribution in [0.1, 0.15) is 33.7 Å².